The summed E-state index contributed by atoms with van der Waals surface area (Å²) in [5.74, 6) is 0.0892. The molecule has 3 heterocycles. The van der Waals surface area contributed by atoms with E-state index >= 15 is 0 Å². The molecule has 1 unspecified atom stereocenters. The molecule has 25 heavy (non-hydrogen) atoms. The predicted molar refractivity (Wildman–Crippen MR) is 95.4 cm³/mol. The zero-order valence-electron chi connectivity index (χ0n) is 13.9. The quantitative estimate of drug-likeness (QED) is 0.791. The molecule has 0 spiro atoms. The van der Waals surface area contributed by atoms with Crippen LogP contribution in [0.25, 0.3) is 11.2 Å². The van der Waals surface area contributed by atoms with E-state index < -0.39 is 0 Å². The third-order valence-corrected chi connectivity index (χ3v) is 4.56. The first-order valence-electron chi connectivity index (χ1n) is 8.63. The first kappa shape index (κ1) is 15.6. The summed E-state index contributed by atoms with van der Waals surface area (Å²) in [6, 6.07) is 13.7. The van der Waals surface area contributed by atoms with Crippen LogP contribution in [-0.4, -0.2) is 39.9 Å². The Morgan fingerprint density at radius 1 is 1.20 bits per heavy atom. The number of anilines is 1. The van der Waals surface area contributed by atoms with Crippen LogP contribution in [0.3, 0.4) is 0 Å². The molecule has 1 atom stereocenters. The molecule has 4 rings (SSSR count). The van der Waals surface area contributed by atoms with Crippen LogP contribution in [0.15, 0.2) is 53.1 Å². The lowest BCUT2D eigenvalue weighted by Gasteiger charge is -2.35. The molecule has 3 aromatic rings. The minimum Gasteiger partial charge on any atom is -0.422 e. The van der Waals surface area contributed by atoms with Crippen LogP contribution in [0.5, 0.6) is 0 Å². The van der Waals surface area contributed by atoms with Gasteiger partial charge < -0.3 is 14.6 Å². The van der Waals surface area contributed by atoms with Gasteiger partial charge in [0.15, 0.2) is 5.58 Å². The second kappa shape index (κ2) is 6.93. The Hall–Kier alpha value is -2.89. The summed E-state index contributed by atoms with van der Waals surface area (Å²) < 4.78 is 5.65. The number of nitrogens with one attached hydrogen (secondary N) is 1. The monoisotopic (exact) mass is 336 g/mol. The Kier molecular flexibility index (Phi) is 4.33. The minimum absolute atomic E-state index is 0.0892. The van der Waals surface area contributed by atoms with Crippen molar-refractivity contribution in [1.82, 2.24) is 14.9 Å². The van der Waals surface area contributed by atoms with Gasteiger partial charge in [-0.15, -0.1) is 0 Å². The minimum atomic E-state index is 0.0892. The molecule has 128 valence electrons. The van der Waals surface area contributed by atoms with Gasteiger partial charge in [0.25, 0.3) is 11.9 Å². The number of carbonyl (C=O) groups is 1. The largest absolute Gasteiger partial charge is 0.422 e. The molecule has 0 bridgehead atoms. The van der Waals surface area contributed by atoms with Crippen LogP contribution in [-0.2, 0) is 0 Å². The summed E-state index contributed by atoms with van der Waals surface area (Å²) in [5.41, 5.74) is 1.98. The number of likely N-dealkylation sites (tertiary alicyclic amines) is 1. The predicted octanol–water partition coefficient (Wildman–Crippen LogP) is 3.33. The number of benzene rings is 1. The SMILES string of the molecule is O=C(c1ccccc1)N1CCCCC1CNc1nc2ncccc2o1. The second-order valence-electron chi connectivity index (χ2n) is 6.24. The topological polar surface area (TPSA) is 71.3 Å². The number of aromatic nitrogens is 2. The highest BCUT2D eigenvalue weighted by molar-refractivity contribution is 5.94. The van der Waals surface area contributed by atoms with Gasteiger partial charge in [0.05, 0.1) is 0 Å². The van der Waals surface area contributed by atoms with E-state index in [1.807, 2.05) is 47.4 Å². The van der Waals surface area contributed by atoms with Crippen molar-refractivity contribution in [2.75, 3.05) is 18.4 Å². The Labute approximate surface area is 145 Å². The van der Waals surface area contributed by atoms with Gasteiger partial charge in [-0.05, 0) is 43.5 Å². The molecule has 1 aliphatic heterocycles. The highest BCUT2D eigenvalue weighted by atomic mass is 16.4. The maximum atomic E-state index is 12.8. The van der Waals surface area contributed by atoms with Crippen molar-refractivity contribution in [1.29, 1.82) is 0 Å². The summed E-state index contributed by atoms with van der Waals surface area (Å²) in [5, 5.41) is 3.23. The number of nitrogens with zero attached hydrogens (tertiary/aromatic N) is 3. The zero-order valence-corrected chi connectivity index (χ0v) is 13.9. The number of fused-ring (bicyclic) bond motifs is 1. The van der Waals surface area contributed by atoms with Gasteiger partial charge in [0.1, 0.15) is 0 Å². The highest BCUT2D eigenvalue weighted by Gasteiger charge is 2.27. The van der Waals surface area contributed by atoms with Gasteiger partial charge in [-0.25, -0.2) is 4.98 Å². The molecule has 1 aliphatic rings. The normalized spacial score (nSPS) is 17.6. The highest BCUT2D eigenvalue weighted by Crippen LogP contribution is 2.21. The molecule has 0 radical (unpaired) electrons. The number of rotatable bonds is 4. The van der Waals surface area contributed by atoms with Crippen LogP contribution in [0.2, 0.25) is 0 Å². The van der Waals surface area contributed by atoms with Crippen molar-refractivity contribution in [3.63, 3.8) is 0 Å². The number of carbonyl (C=O) groups excluding carboxylic acids is 1. The number of hydrogen-bond donors (Lipinski definition) is 1. The molecular formula is C19H20N4O2. The smallest absolute Gasteiger partial charge is 0.297 e. The van der Waals surface area contributed by atoms with Crippen molar-refractivity contribution >= 4 is 23.2 Å². The Morgan fingerprint density at radius 3 is 2.92 bits per heavy atom. The van der Waals surface area contributed by atoms with Gasteiger partial charge in [0, 0.05) is 30.9 Å². The Bertz CT molecular complexity index is 829. The molecule has 2 aromatic heterocycles. The maximum Gasteiger partial charge on any atom is 0.297 e. The number of amides is 1. The van der Waals surface area contributed by atoms with E-state index in [1.165, 1.54) is 0 Å². The molecule has 1 N–H and O–H groups in total. The first-order chi connectivity index (χ1) is 12.3. The second-order valence-corrected chi connectivity index (χ2v) is 6.24. The number of hydrogen-bond acceptors (Lipinski definition) is 5. The number of oxazole rings is 1. The van der Waals surface area contributed by atoms with E-state index in [0.29, 0.717) is 23.8 Å². The summed E-state index contributed by atoms with van der Waals surface area (Å²) in [7, 11) is 0. The van der Waals surface area contributed by atoms with Gasteiger partial charge in [-0.1, -0.05) is 18.2 Å². The van der Waals surface area contributed by atoms with E-state index in [1.54, 1.807) is 6.20 Å². The average molecular weight is 336 g/mol. The Balaban J connectivity index is 1.46. The molecule has 6 heteroatoms. The average Bonchev–Trinajstić information content (AvgIpc) is 3.10. The molecule has 1 amide bonds. The molecule has 1 aromatic carbocycles. The van der Waals surface area contributed by atoms with Crippen LogP contribution in [0.4, 0.5) is 6.01 Å². The summed E-state index contributed by atoms with van der Waals surface area (Å²) in [6.45, 7) is 1.40. The van der Waals surface area contributed by atoms with Crippen molar-refractivity contribution in [3.05, 3.63) is 54.2 Å². The molecule has 1 fully saturated rings. The van der Waals surface area contributed by atoms with Gasteiger partial charge >= 0.3 is 0 Å². The van der Waals surface area contributed by atoms with Gasteiger partial charge in [-0.3, -0.25) is 4.79 Å². The Morgan fingerprint density at radius 2 is 2.08 bits per heavy atom. The van der Waals surface area contributed by atoms with Crippen LogP contribution < -0.4 is 5.32 Å². The lowest BCUT2D eigenvalue weighted by Crippen LogP contribution is -2.47. The van der Waals surface area contributed by atoms with Crippen LogP contribution in [0.1, 0.15) is 29.6 Å². The van der Waals surface area contributed by atoms with E-state index in [0.717, 1.165) is 31.4 Å². The fourth-order valence-corrected chi connectivity index (χ4v) is 3.28. The first-order valence-corrected chi connectivity index (χ1v) is 8.63. The van der Waals surface area contributed by atoms with E-state index in [2.05, 4.69) is 15.3 Å². The molecule has 0 aliphatic carbocycles. The van der Waals surface area contributed by atoms with E-state index in [-0.39, 0.29) is 11.9 Å². The summed E-state index contributed by atoms with van der Waals surface area (Å²) >= 11 is 0. The van der Waals surface area contributed by atoms with Gasteiger partial charge in [0.2, 0.25) is 5.65 Å². The fraction of sp³-hybridized carbons (Fsp3) is 0.316. The molecular weight excluding hydrogens is 316 g/mol. The standard InChI is InChI=1S/C19H20N4O2/c24-18(14-7-2-1-3-8-14)23-12-5-4-9-15(23)13-21-19-22-17-16(25-19)10-6-11-20-17/h1-3,6-8,10-11,15H,4-5,9,12-13H2,(H,20,21,22). The van der Waals surface area contributed by atoms with Crippen molar-refractivity contribution < 1.29 is 9.21 Å². The summed E-state index contributed by atoms with van der Waals surface area (Å²) in [6.07, 6.45) is 4.84. The molecule has 1 saturated heterocycles. The lowest BCUT2D eigenvalue weighted by atomic mass is 10.0. The lowest BCUT2D eigenvalue weighted by molar-refractivity contribution is 0.0627. The van der Waals surface area contributed by atoms with Crippen molar-refractivity contribution in [2.45, 2.75) is 25.3 Å². The number of piperidine rings is 1. The van der Waals surface area contributed by atoms with Crippen molar-refractivity contribution in [2.24, 2.45) is 0 Å². The fourth-order valence-electron chi connectivity index (χ4n) is 3.28. The van der Waals surface area contributed by atoms with Crippen molar-refractivity contribution in [3.8, 4) is 0 Å². The molecule has 6 nitrogen and oxygen atoms in total. The third-order valence-electron chi connectivity index (χ3n) is 4.56. The van der Waals surface area contributed by atoms with E-state index in [9.17, 15) is 4.79 Å². The van der Waals surface area contributed by atoms with Crippen LogP contribution >= 0.6 is 0 Å². The third kappa shape index (κ3) is 3.33. The van der Waals surface area contributed by atoms with Gasteiger partial charge in [-0.2, -0.15) is 4.98 Å². The number of pyridine rings is 1. The maximum absolute atomic E-state index is 12.8. The summed E-state index contributed by atoms with van der Waals surface area (Å²) in [4.78, 5) is 23.3. The molecule has 0 saturated carbocycles. The van der Waals surface area contributed by atoms with Crippen LogP contribution in [0, 0.1) is 0 Å². The van der Waals surface area contributed by atoms with E-state index in [4.69, 9.17) is 4.42 Å². The zero-order chi connectivity index (χ0) is 17.1.